The van der Waals surface area contributed by atoms with E-state index in [4.69, 9.17) is 0 Å². The number of aliphatic hydroxyl groups is 1. The first-order valence-corrected chi connectivity index (χ1v) is 4.53. The van der Waals surface area contributed by atoms with E-state index in [1.807, 2.05) is 25.2 Å². The first-order chi connectivity index (χ1) is 6.02. The van der Waals surface area contributed by atoms with Crippen molar-refractivity contribution >= 4 is 0 Å². The molecule has 13 heavy (non-hydrogen) atoms. The van der Waals surface area contributed by atoms with Crippen LogP contribution < -0.4 is 5.32 Å². The molecule has 0 radical (unpaired) electrons. The highest BCUT2D eigenvalue weighted by atomic mass is 16.3. The number of hydrogen-bond donors (Lipinski definition) is 2. The zero-order chi connectivity index (χ0) is 9.90. The number of hydrogen-bond acceptors (Lipinski definition) is 2. The Labute approximate surface area is 79.7 Å². The van der Waals surface area contributed by atoms with Crippen molar-refractivity contribution in [2.75, 3.05) is 0 Å². The van der Waals surface area contributed by atoms with Gasteiger partial charge >= 0.3 is 0 Å². The van der Waals surface area contributed by atoms with Crippen LogP contribution in [0.1, 0.15) is 20.8 Å². The summed E-state index contributed by atoms with van der Waals surface area (Å²) in [5, 5.41) is 12.3. The molecule has 0 aromatic carbocycles. The average Bonchev–Trinajstić information content (AvgIpc) is 2.12. The number of allylic oxidation sites excluding steroid dienone is 4. The predicted molar refractivity (Wildman–Crippen MR) is 55.3 cm³/mol. The van der Waals surface area contributed by atoms with Gasteiger partial charge < -0.3 is 5.11 Å². The van der Waals surface area contributed by atoms with Crippen molar-refractivity contribution in [3.05, 3.63) is 36.0 Å². The van der Waals surface area contributed by atoms with Crippen LogP contribution in [0.5, 0.6) is 0 Å². The fraction of sp³-hybridized carbons (Fsp3) is 0.455. The van der Waals surface area contributed by atoms with E-state index in [1.165, 1.54) is 5.57 Å². The third-order valence-electron chi connectivity index (χ3n) is 2.01. The summed E-state index contributed by atoms with van der Waals surface area (Å²) < 4.78 is 0. The molecule has 0 heterocycles. The van der Waals surface area contributed by atoms with Gasteiger partial charge in [-0.3, -0.25) is 5.32 Å². The summed E-state index contributed by atoms with van der Waals surface area (Å²) in [6.45, 7) is 5.80. The van der Waals surface area contributed by atoms with E-state index in [1.54, 1.807) is 6.92 Å². The second-order valence-corrected chi connectivity index (χ2v) is 3.71. The molecule has 2 heteroatoms. The zero-order valence-electron chi connectivity index (χ0n) is 8.41. The molecule has 0 aliphatic heterocycles. The van der Waals surface area contributed by atoms with E-state index in [-0.39, 0.29) is 5.54 Å². The molecule has 72 valence electrons. The molecule has 2 nitrogen and oxygen atoms in total. The van der Waals surface area contributed by atoms with Crippen LogP contribution >= 0.6 is 0 Å². The number of rotatable bonds is 2. The Morgan fingerprint density at radius 3 is 2.77 bits per heavy atom. The predicted octanol–water partition coefficient (Wildman–Crippen LogP) is 1.75. The van der Waals surface area contributed by atoms with Crippen molar-refractivity contribution in [3.8, 4) is 0 Å². The molecule has 2 unspecified atom stereocenters. The van der Waals surface area contributed by atoms with Gasteiger partial charge in [0.15, 0.2) is 0 Å². The minimum Gasteiger partial charge on any atom is -0.379 e. The van der Waals surface area contributed by atoms with Gasteiger partial charge in [-0.2, -0.15) is 0 Å². The molecule has 0 bridgehead atoms. The van der Waals surface area contributed by atoms with Crippen LogP contribution in [-0.4, -0.2) is 16.9 Å². The van der Waals surface area contributed by atoms with Gasteiger partial charge in [-0.25, -0.2) is 0 Å². The molecule has 1 rings (SSSR count). The lowest BCUT2D eigenvalue weighted by Crippen LogP contribution is -2.43. The van der Waals surface area contributed by atoms with Crippen molar-refractivity contribution in [1.82, 2.24) is 5.32 Å². The van der Waals surface area contributed by atoms with Crippen molar-refractivity contribution in [2.24, 2.45) is 0 Å². The van der Waals surface area contributed by atoms with E-state index < -0.39 is 6.23 Å². The van der Waals surface area contributed by atoms with Crippen molar-refractivity contribution in [1.29, 1.82) is 0 Å². The Balaban J connectivity index is 2.77. The second-order valence-electron chi connectivity index (χ2n) is 3.71. The SMILES string of the molecule is CC1=CC=CC(C)(NC(C)O)C=C1. The Bertz CT molecular complexity index is 263. The zero-order valence-corrected chi connectivity index (χ0v) is 8.41. The highest BCUT2D eigenvalue weighted by Gasteiger charge is 2.18. The maximum Gasteiger partial charge on any atom is 0.102 e. The number of nitrogens with one attached hydrogen (secondary N) is 1. The molecule has 0 aromatic heterocycles. The van der Waals surface area contributed by atoms with Crippen molar-refractivity contribution < 1.29 is 5.11 Å². The Morgan fingerprint density at radius 2 is 2.15 bits per heavy atom. The maximum absolute atomic E-state index is 9.23. The summed E-state index contributed by atoms with van der Waals surface area (Å²) in [6, 6.07) is 0. The summed E-state index contributed by atoms with van der Waals surface area (Å²) in [6.07, 6.45) is 9.69. The molecular weight excluding hydrogens is 162 g/mol. The lowest BCUT2D eigenvalue weighted by atomic mass is 10.0. The monoisotopic (exact) mass is 179 g/mol. The van der Waals surface area contributed by atoms with E-state index in [2.05, 4.69) is 24.4 Å². The van der Waals surface area contributed by atoms with Crippen LogP contribution in [0, 0.1) is 0 Å². The topological polar surface area (TPSA) is 32.3 Å². The van der Waals surface area contributed by atoms with Gasteiger partial charge in [0.2, 0.25) is 0 Å². The fourth-order valence-corrected chi connectivity index (χ4v) is 1.36. The third-order valence-corrected chi connectivity index (χ3v) is 2.01. The molecule has 0 saturated heterocycles. The smallest absolute Gasteiger partial charge is 0.102 e. The summed E-state index contributed by atoms with van der Waals surface area (Å²) in [7, 11) is 0. The summed E-state index contributed by atoms with van der Waals surface area (Å²) in [4.78, 5) is 0. The van der Waals surface area contributed by atoms with E-state index in [0.717, 1.165) is 0 Å². The van der Waals surface area contributed by atoms with Crippen LogP contribution in [-0.2, 0) is 0 Å². The van der Waals surface area contributed by atoms with Gasteiger partial charge in [-0.05, 0) is 20.8 Å². The Morgan fingerprint density at radius 1 is 1.46 bits per heavy atom. The van der Waals surface area contributed by atoms with Crippen molar-refractivity contribution in [2.45, 2.75) is 32.5 Å². The van der Waals surface area contributed by atoms with Gasteiger partial charge in [0.1, 0.15) is 6.23 Å². The van der Waals surface area contributed by atoms with Crippen LogP contribution in [0.15, 0.2) is 36.0 Å². The van der Waals surface area contributed by atoms with Gasteiger partial charge in [0.05, 0.1) is 5.54 Å². The highest BCUT2D eigenvalue weighted by Crippen LogP contribution is 2.14. The van der Waals surface area contributed by atoms with Crippen LogP contribution in [0.2, 0.25) is 0 Å². The lowest BCUT2D eigenvalue weighted by molar-refractivity contribution is 0.137. The standard InChI is InChI=1S/C11H17NO/c1-9-5-4-7-11(3,8-6-9)12-10(2)13/h4-8,10,12-13H,1-3H3. The second kappa shape index (κ2) is 3.90. The summed E-state index contributed by atoms with van der Waals surface area (Å²) >= 11 is 0. The van der Waals surface area contributed by atoms with Crippen LogP contribution in [0.4, 0.5) is 0 Å². The molecule has 0 amide bonds. The first-order valence-electron chi connectivity index (χ1n) is 4.53. The molecular formula is C11H17NO. The minimum atomic E-state index is -0.502. The van der Waals surface area contributed by atoms with Gasteiger partial charge in [0.25, 0.3) is 0 Å². The highest BCUT2D eigenvalue weighted by molar-refractivity contribution is 5.32. The first kappa shape index (κ1) is 10.2. The summed E-state index contributed by atoms with van der Waals surface area (Å²) in [5.41, 5.74) is 0.968. The molecule has 0 saturated carbocycles. The lowest BCUT2D eigenvalue weighted by Gasteiger charge is -2.25. The normalized spacial score (nSPS) is 29.7. The Kier molecular flexibility index (Phi) is 3.07. The molecule has 0 spiro atoms. The van der Waals surface area contributed by atoms with Gasteiger partial charge in [0, 0.05) is 0 Å². The maximum atomic E-state index is 9.23. The summed E-state index contributed by atoms with van der Waals surface area (Å²) in [5.74, 6) is 0. The third kappa shape index (κ3) is 3.17. The fourth-order valence-electron chi connectivity index (χ4n) is 1.36. The van der Waals surface area contributed by atoms with Crippen molar-refractivity contribution in [3.63, 3.8) is 0 Å². The number of aliphatic hydroxyl groups excluding tert-OH is 1. The van der Waals surface area contributed by atoms with E-state index in [0.29, 0.717) is 0 Å². The van der Waals surface area contributed by atoms with Gasteiger partial charge in [-0.1, -0.05) is 36.0 Å². The molecule has 2 N–H and O–H groups in total. The van der Waals surface area contributed by atoms with Crippen LogP contribution in [0.25, 0.3) is 0 Å². The molecule has 1 aliphatic rings. The quantitative estimate of drug-likeness (QED) is 0.633. The molecule has 2 atom stereocenters. The molecule has 1 aliphatic carbocycles. The Hall–Kier alpha value is -0.860. The molecule has 0 fully saturated rings. The van der Waals surface area contributed by atoms with E-state index >= 15 is 0 Å². The van der Waals surface area contributed by atoms with Crippen LogP contribution in [0.3, 0.4) is 0 Å². The minimum absolute atomic E-state index is 0.248. The van der Waals surface area contributed by atoms with E-state index in [9.17, 15) is 5.11 Å². The molecule has 0 aromatic rings. The average molecular weight is 179 g/mol. The van der Waals surface area contributed by atoms with Gasteiger partial charge in [-0.15, -0.1) is 0 Å². The largest absolute Gasteiger partial charge is 0.379 e.